The SMILES string of the molecule is Cn1nc(CC(O)C2CCCNC2)c2ccccc21. The van der Waals surface area contributed by atoms with Crippen LogP contribution < -0.4 is 5.32 Å². The molecule has 19 heavy (non-hydrogen) atoms. The first-order valence-corrected chi connectivity index (χ1v) is 7.05. The van der Waals surface area contributed by atoms with Gasteiger partial charge in [0.15, 0.2) is 0 Å². The molecule has 0 spiro atoms. The lowest BCUT2D eigenvalue weighted by molar-refractivity contribution is 0.0915. The minimum atomic E-state index is -0.300. The lowest BCUT2D eigenvalue weighted by atomic mass is 9.91. The van der Waals surface area contributed by atoms with Crippen molar-refractivity contribution in [2.24, 2.45) is 13.0 Å². The number of nitrogens with zero attached hydrogens (tertiary/aromatic N) is 2. The van der Waals surface area contributed by atoms with Crippen molar-refractivity contribution in [1.82, 2.24) is 15.1 Å². The van der Waals surface area contributed by atoms with Crippen LogP contribution in [0.15, 0.2) is 24.3 Å². The Morgan fingerprint density at radius 2 is 2.32 bits per heavy atom. The van der Waals surface area contributed by atoms with Gasteiger partial charge in [-0.3, -0.25) is 4.68 Å². The second-order valence-electron chi connectivity index (χ2n) is 5.47. The van der Waals surface area contributed by atoms with Gasteiger partial charge >= 0.3 is 0 Å². The predicted octanol–water partition coefficient (Wildman–Crippen LogP) is 1.48. The summed E-state index contributed by atoms with van der Waals surface area (Å²) in [5.41, 5.74) is 2.14. The molecule has 0 amide bonds. The molecule has 0 aliphatic carbocycles. The van der Waals surface area contributed by atoms with Gasteiger partial charge in [0.25, 0.3) is 0 Å². The van der Waals surface area contributed by atoms with E-state index in [9.17, 15) is 5.11 Å². The van der Waals surface area contributed by atoms with Crippen LogP contribution in [0.2, 0.25) is 0 Å². The third-order valence-electron chi connectivity index (χ3n) is 4.12. The second kappa shape index (κ2) is 5.31. The number of nitrogens with one attached hydrogen (secondary N) is 1. The van der Waals surface area contributed by atoms with Crippen LogP contribution in [0, 0.1) is 5.92 Å². The maximum Gasteiger partial charge on any atom is 0.0729 e. The average molecular weight is 259 g/mol. The third-order valence-corrected chi connectivity index (χ3v) is 4.12. The summed E-state index contributed by atoms with van der Waals surface area (Å²) in [6.07, 6.45) is 2.61. The molecule has 4 heteroatoms. The van der Waals surface area contributed by atoms with Crippen LogP contribution in [-0.2, 0) is 13.5 Å². The quantitative estimate of drug-likeness (QED) is 0.877. The third kappa shape index (κ3) is 2.51. The van der Waals surface area contributed by atoms with Gasteiger partial charge in [0.1, 0.15) is 0 Å². The lowest BCUT2D eigenvalue weighted by Crippen LogP contribution is -2.37. The minimum absolute atomic E-state index is 0.300. The minimum Gasteiger partial charge on any atom is -0.392 e. The molecule has 0 radical (unpaired) electrons. The molecule has 0 bridgehead atoms. The van der Waals surface area contributed by atoms with E-state index >= 15 is 0 Å². The Kier molecular flexibility index (Phi) is 3.53. The highest BCUT2D eigenvalue weighted by Crippen LogP contribution is 2.22. The number of hydrogen-bond acceptors (Lipinski definition) is 3. The van der Waals surface area contributed by atoms with Gasteiger partial charge in [-0.15, -0.1) is 0 Å². The fourth-order valence-electron chi connectivity index (χ4n) is 3.01. The van der Waals surface area contributed by atoms with E-state index in [1.807, 2.05) is 23.9 Å². The van der Waals surface area contributed by atoms with Gasteiger partial charge in [0, 0.05) is 25.4 Å². The summed E-state index contributed by atoms with van der Waals surface area (Å²) in [7, 11) is 1.96. The van der Waals surface area contributed by atoms with Gasteiger partial charge in [0.05, 0.1) is 17.3 Å². The fourth-order valence-corrected chi connectivity index (χ4v) is 3.01. The zero-order valence-corrected chi connectivity index (χ0v) is 11.3. The van der Waals surface area contributed by atoms with Crippen LogP contribution in [0.1, 0.15) is 18.5 Å². The average Bonchev–Trinajstić information content (AvgIpc) is 2.77. The molecule has 2 unspecified atom stereocenters. The van der Waals surface area contributed by atoms with Gasteiger partial charge < -0.3 is 10.4 Å². The Labute approximate surface area is 113 Å². The fraction of sp³-hybridized carbons (Fsp3) is 0.533. The summed E-state index contributed by atoms with van der Waals surface area (Å²) in [6.45, 7) is 2.00. The number of rotatable bonds is 3. The summed E-state index contributed by atoms with van der Waals surface area (Å²) >= 11 is 0. The van der Waals surface area contributed by atoms with Gasteiger partial charge in [-0.25, -0.2) is 0 Å². The van der Waals surface area contributed by atoms with Crippen LogP contribution >= 0.6 is 0 Å². The monoisotopic (exact) mass is 259 g/mol. The van der Waals surface area contributed by atoms with Gasteiger partial charge in [-0.05, 0) is 31.4 Å². The summed E-state index contributed by atoms with van der Waals surface area (Å²) in [5, 5.41) is 19.5. The summed E-state index contributed by atoms with van der Waals surface area (Å²) in [5.74, 6) is 0.356. The van der Waals surface area contributed by atoms with Crippen LogP contribution in [0.3, 0.4) is 0 Å². The summed E-state index contributed by atoms with van der Waals surface area (Å²) in [6, 6.07) is 8.21. The highest BCUT2D eigenvalue weighted by Gasteiger charge is 2.23. The molecule has 3 rings (SSSR count). The van der Waals surface area contributed by atoms with Gasteiger partial charge in [-0.1, -0.05) is 18.2 Å². The molecule has 2 atom stereocenters. The Morgan fingerprint density at radius 1 is 1.47 bits per heavy atom. The number of para-hydroxylation sites is 1. The zero-order valence-electron chi connectivity index (χ0n) is 11.3. The van der Waals surface area contributed by atoms with E-state index in [2.05, 4.69) is 22.5 Å². The number of benzene rings is 1. The highest BCUT2D eigenvalue weighted by molar-refractivity contribution is 5.81. The normalized spacial score (nSPS) is 21.7. The lowest BCUT2D eigenvalue weighted by Gasteiger charge is -2.26. The molecule has 1 saturated heterocycles. The molecule has 1 aliphatic rings. The molecule has 102 valence electrons. The molecule has 1 aromatic carbocycles. The van der Waals surface area contributed by atoms with Crippen molar-refractivity contribution in [3.8, 4) is 0 Å². The second-order valence-corrected chi connectivity index (χ2v) is 5.47. The number of piperidine rings is 1. The predicted molar refractivity (Wildman–Crippen MR) is 76.0 cm³/mol. The van der Waals surface area contributed by atoms with Crippen molar-refractivity contribution in [1.29, 1.82) is 0 Å². The van der Waals surface area contributed by atoms with E-state index in [4.69, 9.17) is 0 Å². The topological polar surface area (TPSA) is 50.1 Å². The van der Waals surface area contributed by atoms with Crippen LogP contribution in [0.25, 0.3) is 10.9 Å². The van der Waals surface area contributed by atoms with Crippen molar-refractivity contribution < 1.29 is 5.11 Å². The van der Waals surface area contributed by atoms with E-state index < -0.39 is 0 Å². The molecule has 1 aliphatic heterocycles. The Balaban J connectivity index is 1.81. The first kappa shape index (κ1) is 12.6. The molecule has 1 fully saturated rings. The number of aromatic nitrogens is 2. The first-order valence-electron chi connectivity index (χ1n) is 7.05. The van der Waals surface area contributed by atoms with Crippen molar-refractivity contribution in [3.05, 3.63) is 30.0 Å². The largest absolute Gasteiger partial charge is 0.392 e. The zero-order chi connectivity index (χ0) is 13.2. The van der Waals surface area contributed by atoms with Crippen molar-refractivity contribution in [3.63, 3.8) is 0 Å². The Bertz CT molecular complexity index is 558. The summed E-state index contributed by atoms with van der Waals surface area (Å²) < 4.78 is 1.90. The number of aryl methyl sites for hydroxylation is 1. The molecule has 2 heterocycles. The van der Waals surface area contributed by atoms with E-state index in [0.717, 1.165) is 42.5 Å². The molecule has 0 saturated carbocycles. The van der Waals surface area contributed by atoms with Crippen LogP contribution in [0.4, 0.5) is 0 Å². The number of aliphatic hydroxyl groups excluding tert-OH is 1. The molecule has 4 nitrogen and oxygen atoms in total. The van der Waals surface area contributed by atoms with E-state index in [1.54, 1.807) is 0 Å². The van der Waals surface area contributed by atoms with Crippen molar-refractivity contribution in [2.75, 3.05) is 13.1 Å². The molecule has 1 aromatic heterocycles. The van der Waals surface area contributed by atoms with Crippen molar-refractivity contribution >= 4 is 10.9 Å². The van der Waals surface area contributed by atoms with E-state index in [0.29, 0.717) is 12.3 Å². The maximum atomic E-state index is 10.4. The number of hydrogen-bond donors (Lipinski definition) is 2. The van der Waals surface area contributed by atoms with Crippen LogP contribution in [0.5, 0.6) is 0 Å². The number of fused-ring (bicyclic) bond motifs is 1. The van der Waals surface area contributed by atoms with Gasteiger partial charge in [0.2, 0.25) is 0 Å². The highest BCUT2D eigenvalue weighted by atomic mass is 16.3. The maximum absolute atomic E-state index is 10.4. The molecular formula is C15H21N3O. The van der Waals surface area contributed by atoms with Gasteiger partial charge in [-0.2, -0.15) is 5.10 Å². The van der Waals surface area contributed by atoms with E-state index in [1.165, 1.54) is 0 Å². The molecule has 2 aromatic rings. The smallest absolute Gasteiger partial charge is 0.0729 e. The first-order chi connectivity index (χ1) is 9.25. The standard InChI is InChI=1S/C15H21N3O/c1-18-14-7-3-2-6-12(14)13(17-18)9-15(19)11-5-4-8-16-10-11/h2-3,6-7,11,15-16,19H,4-5,8-10H2,1H3. The molecule has 2 N–H and O–H groups in total. The molecular weight excluding hydrogens is 238 g/mol. The summed E-state index contributed by atoms with van der Waals surface area (Å²) in [4.78, 5) is 0. The Morgan fingerprint density at radius 3 is 3.11 bits per heavy atom. The van der Waals surface area contributed by atoms with Crippen molar-refractivity contribution in [2.45, 2.75) is 25.4 Å². The van der Waals surface area contributed by atoms with E-state index in [-0.39, 0.29) is 6.10 Å². The van der Waals surface area contributed by atoms with Crippen LogP contribution in [-0.4, -0.2) is 34.1 Å². The Hall–Kier alpha value is -1.39. The number of aliphatic hydroxyl groups is 1.